The highest BCUT2D eigenvalue weighted by molar-refractivity contribution is 5.90. The van der Waals surface area contributed by atoms with Gasteiger partial charge in [0, 0.05) is 17.9 Å². The van der Waals surface area contributed by atoms with Crippen LogP contribution < -0.4 is 26.7 Å². The van der Waals surface area contributed by atoms with Gasteiger partial charge in [0.25, 0.3) is 5.56 Å². The van der Waals surface area contributed by atoms with E-state index in [0.717, 1.165) is 0 Å². The quantitative estimate of drug-likeness (QED) is 0.316. The molecule has 3 aromatic heterocycles. The third-order valence-electron chi connectivity index (χ3n) is 4.76. The molecule has 0 saturated carbocycles. The minimum atomic E-state index is -0.677. The molecule has 10 heteroatoms. The maximum absolute atomic E-state index is 12.9. The molecule has 1 atom stereocenters. The number of fused-ring (bicyclic) bond motifs is 1. The van der Waals surface area contributed by atoms with Gasteiger partial charge in [0.15, 0.2) is 0 Å². The van der Waals surface area contributed by atoms with Gasteiger partial charge in [-0.05, 0) is 55.8 Å². The van der Waals surface area contributed by atoms with E-state index in [-0.39, 0.29) is 18.7 Å². The molecule has 0 aliphatic carbocycles. The highest BCUT2D eigenvalue weighted by Crippen LogP contribution is 2.17. The molecule has 3 aromatic rings. The Bertz CT molecular complexity index is 1150. The van der Waals surface area contributed by atoms with E-state index < -0.39 is 23.6 Å². The zero-order chi connectivity index (χ0) is 23.6. The van der Waals surface area contributed by atoms with Crippen molar-refractivity contribution in [2.75, 3.05) is 25.1 Å². The van der Waals surface area contributed by atoms with Crippen LogP contribution in [0.4, 0.5) is 10.5 Å². The molecule has 2 amide bonds. The monoisotopic (exact) mass is 453 g/mol. The molecule has 0 saturated heterocycles. The van der Waals surface area contributed by atoms with E-state index in [2.05, 4.69) is 15.6 Å². The lowest BCUT2D eigenvalue weighted by Crippen LogP contribution is -2.35. The minimum absolute atomic E-state index is 0.0742. The van der Waals surface area contributed by atoms with E-state index >= 15 is 0 Å². The van der Waals surface area contributed by atoms with Crippen molar-refractivity contribution in [3.05, 3.63) is 70.9 Å². The molecule has 0 fully saturated rings. The Morgan fingerprint density at radius 3 is 2.76 bits per heavy atom. The van der Waals surface area contributed by atoms with E-state index in [1.807, 2.05) is 0 Å². The number of rotatable bonds is 10. The summed E-state index contributed by atoms with van der Waals surface area (Å²) < 4.78 is 12.0. The second-order valence-electron chi connectivity index (χ2n) is 7.15. The summed E-state index contributed by atoms with van der Waals surface area (Å²) in [5.74, 6) is 0.0605. The lowest BCUT2D eigenvalue weighted by atomic mass is 10.1. The molecule has 0 aromatic carbocycles. The van der Waals surface area contributed by atoms with Gasteiger partial charge >= 0.3 is 12.0 Å². The molecule has 3 rings (SSSR count). The van der Waals surface area contributed by atoms with Gasteiger partial charge in [-0.2, -0.15) is 0 Å². The molecule has 0 aliphatic heterocycles. The van der Waals surface area contributed by atoms with Crippen LogP contribution in [-0.4, -0.2) is 41.1 Å². The van der Waals surface area contributed by atoms with Crippen LogP contribution in [0, 0.1) is 0 Å². The Balaban J connectivity index is 1.77. The number of nitrogens with one attached hydrogen (secondary N) is 2. The van der Waals surface area contributed by atoms with Crippen molar-refractivity contribution in [1.29, 1.82) is 0 Å². The molecular weight excluding hydrogens is 426 g/mol. The first-order valence-electron chi connectivity index (χ1n) is 10.6. The van der Waals surface area contributed by atoms with Crippen LogP contribution in [0.25, 0.3) is 5.52 Å². The fourth-order valence-electron chi connectivity index (χ4n) is 3.17. The van der Waals surface area contributed by atoms with Gasteiger partial charge < -0.3 is 25.8 Å². The number of urea groups is 1. The van der Waals surface area contributed by atoms with Crippen molar-refractivity contribution in [3.63, 3.8) is 0 Å². The third kappa shape index (κ3) is 6.53. The summed E-state index contributed by atoms with van der Waals surface area (Å²) in [5.41, 5.74) is 6.41. The van der Waals surface area contributed by atoms with Crippen molar-refractivity contribution in [2.45, 2.75) is 25.8 Å². The van der Waals surface area contributed by atoms with Crippen LogP contribution in [0.1, 0.15) is 31.4 Å². The summed E-state index contributed by atoms with van der Waals surface area (Å²) in [4.78, 5) is 41.7. The van der Waals surface area contributed by atoms with Crippen molar-refractivity contribution in [1.82, 2.24) is 14.7 Å². The fourth-order valence-corrected chi connectivity index (χ4v) is 3.17. The molecule has 33 heavy (non-hydrogen) atoms. The minimum Gasteiger partial charge on any atom is -0.492 e. The van der Waals surface area contributed by atoms with Gasteiger partial charge in [-0.3, -0.25) is 19.0 Å². The number of esters is 1. The topological polar surface area (TPSA) is 137 Å². The third-order valence-corrected chi connectivity index (χ3v) is 4.76. The standard InChI is InChI=1S/C23H27N5O5/c1-2-32-21(29)13-20(16-5-3-11-25-14-16)27-23(31)26-19-9-7-17-6-8-18(33-12-4-10-24)15-28(17)22(19)30/h3,5-9,11,14-15,20H,2,4,10,12-13,24H2,1H3,(H2,26,27,31). The number of pyridine rings is 3. The average Bonchev–Trinajstić information content (AvgIpc) is 2.81. The Morgan fingerprint density at radius 2 is 2.03 bits per heavy atom. The molecular formula is C23H27N5O5. The van der Waals surface area contributed by atoms with Gasteiger partial charge in [-0.15, -0.1) is 0 Å². The Kier molecular flexibility index (Phi) is 8.36. The number of ether oxygens (including phenoxy) is 2. The van der Waals surface area contributed by atoms with Crippen molar-refractivity contribution in [2.24, 2.45) is 5.73 Å². The normalized spacial score (nSPS) is 11.6. The predicted octanol–water partition coefficient (Wildman–Crippen LogP) is 2.24. The summed E-state index contributed by atoms with van der Waals surface area (Å²) in [7, 11) is 0. The van der Waals surface area contributed by atoms with Gasteiger partial charge in [0.05, 0.1) is 31.9 Å². The first-order valence-corrected chi connectivity index (χ1v) is 10.6. The van der Waals surface area contributed by atoms with E-state index in [1.165, 1.54) is 10.5 Å². The maximum atomic E-state index is 12.9. The average molecular weight is 453 g/mol. The first kappa shape index (κ1) is 23.7. The molecule has 3 heterocycles. The summed E-state index contributed by atoms with van der Waals surface area (Å²) in [6, 6.07) is 8.88. The summed E-state index contributed by atoms with van der Waals surface area (Å²) in [6.45, 7) is 2.88. The summed E-state index contributed by atoms with van der Waals surface area (Å²) in [5, 5.41) is 5.28. The van der Waals surface area contributed by atoms with Gasteiger partial charge in [0.2, 0.25) is 0 Å². The Morgan fingerprint density at radius 1 is 1.21 bits per heavy atom. The van der Waals surface area contributed by atoms with Crippen LogP contribution in [0.15, 0.2) is 59.8 Å². The number of hydrogen-bond donors (Lipinski definition) is 3. The Hall–Kier alpha value is -3.92. The number of carbonyl (C=O) groups excluding carboxylic acids is 2. The zero-order valence-electron chi connectivity index (χ0n) is 18.3. The predicted molar refractivity (Wildman–Crippen MR) is 123 cm³/mol. The number of hydrogen-bond acceptors (Lipinski definition) is 7. The summed E-state index contributed by atoms with van der Waals surface area (Å²) >= 11 is 0. The Labute approximate surface area is 190 Å². The maximum Gasteiger partial charge on any atom is 0.319 e. The fraction of sp³-hybridized carbons (Fsp3) is 0.304. The number of anilines is 1. The lowest BCUT2D eigenvalue weighted by molar-refractivity contribution is -0.143. The zero-order valence-corrected chi connectivity index (χ0v) is 18.3. The molecule has 0 radical (unpaired) electrons. The van der Waals surface area contributed by atoms with Crippen LogP contribution in [0.3, 0.4) is 0 Å². The SMILES string of the molecule is CCOC(=O)CC(NC(=O)Nc1ccc2ccc(OCCCN)cn2c1=O)c1cccnc1. The lowest BCUT2D eigenvalue weighted by Gasteiger charge is -2.18. The second kappa shape index (κ2) is 11.6. The van der Waals surface area contributed by atoms with Crippen molar-refractivity contribution < 1.29 is 19.1 Å². The molecule has 0 bridgehead atoms. The number of aromatic nitrogens is 2. The molecule has 10 nitrogen and oxygen atoms in total. The molecule has 174 valence electrons. The number of nitrogens with two attached hydrogens (primary N) is 1. The number of carbonyl (C=O) groups is 2. The number of amides is 2. The second-order valence-corrected chi connectivity index (χ2v) is 7.15. The first-order chi connectivity index (χ1) is 16.0. The smallest absolute Gasteiger partial charge is 0.319 e. The van der Waals surface area contributed by atoms with Crippen molar-refractivity contribution in [3.8, 4) is 5.75 Å². The highest BCUT2D eigenvalue weighted by Gasteiger charge is 2.20. The van der Waals surface area contributed by atoms with E-state index in [0.29, 0.717) is 36.4 Å². The highest BCUT2D eigenvalue weighted by atomic mass is 16.5. The van der Waals surface area contributed by atoms with Crippen molar-refractivity contribution >= 4 is 23.2 Å². The van der Waals surface area contributed by atoms with E-state index in [1.54, 1.807) is 55.8 Å². The molecule has 0 spiro atoms. The molecule has 1 unspecified atom stereocenters. The van der Waals surface area contributed by atoms with Crippen LogP contribution >= 0.6 is 0 Å². The van der Waals surface area contributed by atoms with E-state index in [4.69, 9.17) is 15.2 Å². The van der Waals surface area contributed by atoms with Crippen LogP contribution in [0.5, 0.6) is 5.75 Å². The van der Waals surface area contributed by atoms with Gasteiger partial charge in [-0.25, -0.2) is 4.79 Å². The largest absolute Gasteiger partial charge is 0.492 e. The molecule has 4 N–H and O–H groups in total. The van der Waals surface area contributed by atoms with Gasteiger partial charge in [-0.1, -0.05) is 6.07 Å². The van der Waals surface area contributed by atoms with Crippen LogP contribution in [-0.2, 0) is 9.53 Å². The van der Waals surface area contributed by atoms with Crippen LogP contribution in [0.2, 0.25) is 0 Å². The summed E-state index contributed by atoms with van der Waals surface area (Å²) in [6.07, 6.45) is 5.33. The van der Waals surface area contributed by atoms with Gasteiger partial charge in [0.1, 0.15) is 11.4 Å². The number of nitrogens with zero attached hydrogens (tertiary/aromatic N) is 2. The van der Waals surface area contributed by atoms with E-state index in [9.17, 15) is 14.4 Å². The molecule has 0 aliphatic rings.